The fraction of sp³-hybridized carbons (Fsp3) is 0.904. The van der Waals surface area contributed by atoms with Crippen LogP contribution in [0.4, 0.5) is 0 Å². The first-order chi connectivity index (χ1) is 29.5. The number of quaternary nitrogens is 1. The lowest BCUT2D eigenvalue weighted by molar-refractivity contribution is -0.870. The number of nitrogens with one attached hydrogen (secondary N) is 1. The lowest BCUT2D eigenvalue weighted by Crippen LogP contribution is -2.45. The maximum absolute atomic E-state index is 12.9. The van der Waals surface area contributed by atoms with Gasteiger partial charge < -0.3 is 28.8 Å². The van der Waals surface area contributed by atoms with Crippen LogP contribution in [-0.4, -0.2) is 68.5 Å². The third-order valence-corrected chi connectivity index (χ3v) is 12.9. The predicted molar refractivity (Wildman–Crippen MR) is 261 cm³/mol. The molecule has 61 heavy (non-hydrogen) atoms. The van der Waals surface area contributed by atoms with Gasteiger partial charge in [0.25, 0.3) is 7.82 Å². The summed E-state index contributed by atoms with van der Waals surface area (Å²) in [6.07, 6.45) is 53.7. The molecule has 2 N–H and O–H groups in total. The van der Waals surface area contributed by atoms with Crippen LogP contribution in [-0.2, 0) is 18.4 Å². The van der Waals surface area contributed by atoms with Gasteiger partial charge in [0.1, 0.15) is 13.2 Å². The monoisotopic (exact) mass is 883 g/mol. The first-order valence-electron chi connectivity index (χ1n) is 26.2. The summed E-state index contributed by atoms with van der Waals surface area (Å²) in [7, 11) is 1.27. The normalized spacial score (nSPS) is 14.3. The van der Waals surface area contributed by atoms with E-state index in [1.807, 2.05) is 27.2 Å². The molecule has 0 heterocycles. The number of hydrogen-bond acceptors (Lipinski definition) is 6. The Bertz CT molecular complexity index is 1050. The van der Waals surface area contributed by atoms with E-state index in [0.29, 0.717) is 17.4 Å². The highest BCUT2D eigenvalue weighted by Gasteiger charge is 2.23. The molecule has 9 heteroatoms. The molecule has 0 spiro atoms. The van der Waals surface area contributed by atoms with Crippen LogP contribution < -0.4 is 10.2 Å². The molecule has 0 aromatic carbocycles. The zero-order valence-electron chi connectivity index (χ0n) is 41.1. The van der Waals surface area contributed by atoms with Gasteiger partial charge in [-0.15, -0.1) is 0 Å². The summed E-state index contributed by atoms with van der Waals surface area (Å²) in [6.45, 7) is 4.67. The van der Waals surface area contributed by atoms with Crippen LogP contribution in [0.5, 0.6) is 0 Å². The third-order valence-electron chi connectivity index (χ3n) is 11.9. The van der Waals surface area contributed by atoms with E-state index in [0.717, 1.165) is 38.5 Å². The Morgan fingerprint density at radius 3 is 1.28 bits per heavy atom. The Balaban J connectivity index is 4.24. The van der Waals surface area contributed by atoms with Crippen LogP contribution in [0.25, 0.3) is 0 Å². The van der Waals surface area contributed by atoms with Gasteiger partial charge in [-0.3, -0.25) is 9.36 Å². The Morgan fingerprint density at radius 2 is 0.902 bits per heavy atom. The van der Waals surface area contributed by atoms with Crippen molar-refractivity contribution in [2.45, 2.75) is 264 Å². The number of hydrogen-bond donors (Lipinski definition) is 2. The number of aliphatic hydroxyl groups excluding tert-OH is 1. The predicted octanol–water partition coefficient (Wildman–Crippen LogP) is 14.6. The molecule has 0 saturated heterocycles. The number of carbonyl (C=O) groups is 1. The number of phosphoric acid groups is 1. The number of carbonyl (C=O) groups excluding carboxylic acids is 1. The molecule has 0 aliphatic heterocycles. The van der Waals surface area contributed by atoms with E-state index in [1.54, 1.807) is 6.08 Å². The summed E-state index contributed by atoms with van der Waals surface area (Å²) in [5.74, 6) is -0.195. The molecule has 0 rings (SSSR count). The first-order valence-corrected chi connectivity index (χ1v) is 27.7. The van der Waals surface area contributed by atoms with E-state index >= 15 is 0 Å². The van der Waals surface area contributed by atoms with E-state index in [9.17, 15) is 19.4 Å². The van der Waals surface area contributed by atoms with Gasteiger partial charge in [-0.25, -0.2) is 0 Å². The number of aliphatic hydroxyl groups is 1. The number of allylic oxidation sites excluding steroid dienone is 3. The molecule has 0 aliphatic rings. The highest BCUT2D eigenvalue weighted by Crippen LogP contribution is 2.38. The molecule has 1 amide bonds. The van der Waals surface area contributed by atoms with Gasteiger partial charge in [0.05, 0.1) is 39.9 Å². The second-order valence-electron chi connectivity index (χ2n) is 19.2. The Kier molecular flexibility index (Phi) is 43.5. The number of nitrogens with zero attached hydrogens (tertiary/aromatic N) is 1. The summed E-state index contributed by atoms with van der Waals surface area (Å²) in [4.78, 5) is 25.4. The molecule has 0 aromatic heterocycles. The zero-order chi connectivity index (χ0) is 45.0. The Morgan fingerprint density at radius 1 is 0.557 bits per heavy atom. The number of unbranched alkanes of at least 4 members (excludes halogenated alkanes) is 33. The molecule has 0 aromatic rings. The first kappa shape index (κ1) is 60.0. The molecule has 0 saturated carbocycles. The maximum Gasteiger partial charge on any atom is 0.268 e. The molecule has 0 fully saturated rings. The minimum atomic E-state index is -4.59. The maximum atomic E-state index is 12.9. The van der Waals surface area contributed by atoms with Gasteiger partial charge in [-0.1, -0.05) is 224 Å². The quantitative estimate of drug-likeness (QED) is 0.0273. The highest BCUT2D eigenvalue weighted by atomic mass is 31.2. The molecular weight excluding hydrogens is 780 g/mol. The molecule has 362 valence electrons. The van der Waals surface area contributed by atoms with Crippen LogP contribution in [0.15, 0.2) is 24.3 Å². The summed E-state index contributed by atoms with van der Waals surface area (Å²) in [5, 5.41) is 13.8. The van der Waals surface area contributed by atoms with E-state index < -0.39 is 20.0 Å². The van der Waals surface area contributed by atoms with Crippen molar-refractivity contribution in [1.29, 1.82) is 0 Å². The Labute approximate surface area is 379 Å². The largest absolute Gasteiger partial charge is 0.756 e. The van der Waals surface area contributed by atoms with Crippen LogP contribution in [0.3, 0.4) is 0 Å². The smallest absolute Gasteiger partial charge is 0.268 e. The van der Waals surface area contributed by atoms with Crippen molar-refractivity contribution in [3.05, 3.63) is 24.3 Å². The standard InChI is InChI=1S/C52H103N2O6P/c1-6-8-10-12-14-16-18-20-22-24-25-26-27-28-29-30-32-34-36-38-40-42-44-46-52(56)53-50(49-60-61(57,58)59-48-47-54(3,4)5)51(55)45-43-41-39-37-35-33-31-23-21-19-17-15-13-11-9-7-2/h20,22,43,45,50-51,55H,6-19,21,23-42,44,46-49H2,1-5H3,(H-,53,56,57,58)/b22-20+,45-43+/t50-,51+/m0/s1. The van der Waals surface area contributed by atoms with Crippen molar-refractivity contribution in [3.63, 3.8) is 0 Å². The minimum Gasteiger partial charge on any atom is -0.756 e. The van der Waals surface area contributed by atoms with Crippen LogP contribution in [0.1, 0.15) is 251 Å². The van der Waals surface area contributed by atoms with E-state index in [2.05, 4.69) is 31.3 Å². The van der Waals surface area contributed by atoms with Crippen molar-refractivity contribution >= 4 is 13.7 Å². The summed E-state index contributed by atoms with van der Waals surface area (Å²) < 4.78 is 23.3. The minimum absolute atomic E-state index is 0.000803. The van der Waals surface area contributed by atoms with Crippen molar-refractivity contribution in [3.8, 4) is 0 Å². The second-order valence-corrected chi connectivity index (χ2v) is 20.6. The van der Waals surface area contributed by atoms with Crippen molar-refractivity contribution < 1.29 is 32.9 Å². The van der Waals surface area contributed by atoms with Crippen LogP contribution in [0, 0.1) is 0 Å². The number of amides is 1. The molecule has 0 aliphatic carbocycles. The van der Waals surface area contributed by atoms with Crippen molar-refractivity contribution in [2.24, 2.45) is 0 Å². The number of rotatable bonds is 48. The Hall–Kier alpha value is -1.02. The van der Waals surface area contributed by atoms with E-state index in [1.165, 1.54) is 193 Å². The molecule has 8 nitrogen and oxygen atoms in total. The molecule has 3 atom stereocenters. The van der Waals surface area contributed by atoms with Crippen LogP contribution in [0.2, 0.25) is 0 Å². The summed E-state index contributed by atoms with van der Waals surface area (Å²) in [6, 6.07) is -0.883. The average molecular weight is 883 g/mol. The second kappa shape index (κ2) is 44.2. The SMILES string of the molecule is CCCCCCCC/C=C/CCCCCCCCCCCCCCCC(=O)N[C@@H](COP(=O)([O-])OCC[N+](C)(C)C)[C@H](O)/C=C/CCCCCCCCCCCCCCCC. The third kappa shape index (κ3) is 46.8. The number of phosphoric ester groups is 1. The van der Waals surface area contributed by atoms with E-state index in [-0.39, 0.29) is 19.1 Å². The van der Waals surface area contributed by atoms with Gasteiger partial charge >= 0.3 is 0 Å². The highest BCUT2D eigenvalue weighted by molar-refractivity contribution is 7.45. The lowest BCUT2D eigenvalue weighted by Gasteiger charge is -2.29. The van der Waals surface area contributed by atoms with Gasteiger partial charge in [0.2, 0.25) is 5.91 Å². The van der Waals surface area contributed by atoms with Gasteiger partial charge in [0.15, 0.2) is 0 Å². The summed E-state index contributed by atoms with van der Waals surface area (Å²) in [5.41, 5.74) is 0. The van der Waals surface area contributed by atoms with E-state index in [4.69, 9.17) is 9.05 Å². The van der Waals surface area contributed by atoms with Crippen molar-refractivity contribution in [1.82, 2.24) is 5.32 Å². The molecule has 1 unspecified atom stereocenters. The van der Waals surface area contributed by atoms with Gasteiger partial charge in [-0.2, -0.15) is 0 Å². The molecular formula is C52H103N2O6P. The lowest BCUT2D eigenvalue weighted by atomic mass is 10.0. The zero-order valence-corrected chi connectivity index (χ0v) is 42.0. The average Bonchev–Trinajstić information content (AvgIpc) is 3.21. The van der Waals surface area contributed by atoms with Crippen molar-refractivity contribution in [2.75, 3.05) is 40.9 Å². The fourth-order valence-corrected chi connectivity index (χ4v) is 8.46. The molecule has 0 radical (unpaired) electrons. The van der Waals surface area contributed by atoms with Gasteiger partial charge in [-0.05, 0) is 44.9 Å². The van der Waals surface area contributed by atoms with Crippen LogP contribution >= 0.6 is 7.82 Å². The topological polar surface area (TPSA) is 108 Å². The van der Waals surface area contributed by atoms with Gasteiger partial charge in [0, 0.05) is 6.42 Å². The summed E-state index contributed by atoms with van der Waals surface area (Å²) >= 11 is 0. The molecule has 0 bridgehead atoms. The number of likely N-dealkylation sites (N-methyl/N-ethyl adjacent to an activating group) is 1. The fourth-order valence-electron chi connectivity index (χ4n) is 7.74.